The quantitative estimate of drug-likeness (QED) is 0.792. The van der Waals surface area contributed by atoms with Crippen molar-refractivity contribution in [2.75, 3.05) is 13.7 Å². The third-order valence-corrected chi connectivity index (χ3v) is 5.56. The number of rotatable bonds is 5. The lowest BCUT2D eigenvalue weighted by molar-refractivity contribution is -0.151. The summed E-state index contributed by atoms with van der Waals surface area (Å²) in [5.74, 6) is -0.0750. The van der Waals surface area contributed by atoms with Crippen LogP contribution in [0.1, 0.15) is 65.7 Å². The maximum atomic E-state index is 12.4. The molecule has 0 radical (unpaired) electrons. The molecular formula is C17H32N2O2. The van der Waals surface area contributed by atoms with Crippen LogP contribution in [0, 0.1) is 0 Å². The minimum Gasteiger partial charge on any atom is -0.468 e. The van der Waals surface area contributed by atoms with E-state index >= 15 is 0 Å². The molecule has 1 aliphatic carbocycles. The van der Waals surface area contributed by atoms with Crippen LogP contribution in [0.15, 0.2) is 0 Å². The minimum atomic E-state index is -0.465. The molecule has 1 heterocycles. The number of hydrogen-bond acceptors (Lipinski definition) is 4. The molecule has 2 rings (SSSR count). The number of methoxy groups -OCH3 is 1. The first-order chi connectivity index (χ1) is 10.1. The Morgan fingerprint density at radius 1 is 1.33 bits per heavy atom. The van der Waals surface area contributed by atoms with E-state index < -0.39 is 5.54 Å². The maximum Gasteiger partial charge on any atom is 0.326 e. The van der Waals surface area contributed by atoms with Gasteiger partial charge in [-0.3, -0.25) is 9.69 Å². The second kappa shape index (κ2) is 7.10. The zero-order chi connectivity index (χ0) is 15.5. The van der Waals surface area contributed by atoms with Gasteiger partial charge in [0.1, 0.15) is 5.54 Å². The summed E-state index contributed by atoms with van der Waals surface area (Å²) in [6.45, 7) is 7.52. The number of likely N-dealkylation sites (tertiary alicyclic amines) is 1. The monoisotopic (exact) mass is 296 g/mol. The van der Waals surface area contributed by atoms with E-state index in [1.807, 2.05) is 0 Å². The van der Waals surface area contributed by atoms with Gasteiger partial charge < -0.3 is 10.1 Å². The number of nitrogens with zero attached hydrogens (tertiary/aromatic N) is 1. The van der Waals surface area contributed by atoms with Crippen LogP contribution in [-0.4, -0.2) is 48.2 Å². The van der Waals surface area contributed by atoms with Gasteiger partial charge in [0.2, 0.25) is 0 Å². The fraction of sp³-hybridized carbons (Fsp3) is 0.941. The second-order valence-corrected chi connectivity index (χ2v) is 6.79. The zero-order valence-corrected chi connectivity index (χ0v) is 14.2. The number of carbonyl (C=O) groups is 1. The molecule has 122 valence electrons. The van der Waals surface area contributed by atoms with Crippen LogP contribution in [0.4, 0.5) is 0 Å². The van der Waals surface area contributed by atoms with Gasteiger partial charge in [-0.2, -0.15) is 0 Å². The van der Waals surface area contributed by atoms with Crippen molar-refractivity contribution in [1.29, 1.82) is 0 Å². The normalized spacial score (nSPS) is 37.6. The fourth-order valence-corrected chi connectivity index (χ4v) is 4.62. The lowest BCUT2D eigenvalue weighted by Gasteiger charge is -2.45. The highest BCUT2D eigenvalue weighted by Gasteiger charge is 2.47. The van der Waals surface area contributed by atoms with Crippen LogP contribution in [0.3, 0.4) is 0 Å². The molecule has 4 atom stereocenters. The standard InChI is InChI=1S/C17H32N2O2/c1-5-14-10-9-13(3)19(14)15-8-7-11-17(12-15,18-6-2)16(20)21-4/h13-15,18H,5-12H2,1-4H3. The molecule has 1 N–H and O–H groups in total. The van der Waals surface area contributed by atoms with Gasteiger partial charge in [-0.15, -0.1) is 0 Å². The van der Waals surface area contributed by atoms with Crippen molar-refractivity contribution < 1.29 is 9.53 Å². The zero-order valence-electron chi connectivity index (χ0n) is 14.2. The Kier molecular flexibility index (Phi) is 5.67. The average molecular weight is 296 g/mol. The first kappa shape index (κ1) is 16.8. The third-order valence-electron chi connectivity index (χ3n) is 5.56. The number of hydrogen-bond donors (Lipinski definition) is 1. The van der Waals surface area contributed by atoms with Crippen LogP contribution >= 0.6 is 0 Å². The molecule has 1 saturated heterocycles. The molecule has 0 aromatic rings. The highest BCUT2D eigenvalue weighted by molar-refractivity contribution is 5.81. The Morgan fingerprint density at radius 2 is 2.10 bits per heavy atom. The molecule has 1 aliphatic heterocycles. The lowest BCUT2D eigenvalue weighted by atomic mass is 9.77. The van der Waals surface area contributed by atoms with E-state index in [1.54, 1.807) is 0 Å². The number of nitrogens with one attached hydrogen (secondary N) is 1. The van der Waals surface area contributed by atoms with Crippen molar-refractivity contribution in [2.45, 2.75) is 89.4 Å². The predicted molar refractivity (Wildman–Crippen MR) is 85.3 cm³/mol. The van der Waals surface area contributed by atoms with E-state index in [9.17, 15) is 4.79 Å². The Morgan fingerprint density at radius 3 is 2.71 bits per heavy atom. The maximum absolute atomic E-state index is 12.4. The number of esters is 1. The van der Waals surface area contributed by atoms with E-state index in [0.717, 1.165) is 25.8 Å². The molecule has 21 heavy (non-hydrogen) atoms. The van der Waals surface area contributed by atoms with Crippen LogP contribution in [0.2, 0.25) is 0 Å². The molecule has 0 aromatic heterocycles. The summed E-state index contributed by atoms with van der Waals surface area (Å²) in [6, 6.07) is 1.86. The van der Waals surface area contributed by atoms with Gasteiger partial charge in [-0.1, -0.05) is 13.8 Å². The van der Waals surface area contributed by atoms with E-state index in [4.69, 9.17) is 4.74 Å². The second-order valence-electron chi connectivity index (χ2n) is 6.79. The van der Waals surface area contributed by atoms with Crippen molar-refractivity contribution in [3.8, 4) is 0 Å². The van der Waals surface area contributed by atoms with Crippen LogP contribution in [0.25, 0.3) is 0 Å². The Hall–Kier alpha value is -0.610. The number of ether oxygens (including phenoxy) is 1. The van der Waals surface area contributed by atoms with E-state index in [0.29, 0.717) is 18.1 Å². The molecule has 4 nitrogen and oxygen atoms in total. The summed E-state index contributed by atoms with van der Waals surface area (Å²) in [6.07, 6.45) is 7.93. The van der Waals surface area contributed by atoms with Gasteiger partial charge in [0.15, 0.2) is 0 Å². The van der Waals surface area contributed by atoms with E-state index in [2.05, 4.69) is 31.0 Å². The molecule has 4 heteroatoms. The smallest absolute Gasteiger partial charge is 0.326 e. The molecule has 2 fully saturated rings. The summed E-state index contributed by atoms with van der Waals surface area (Å²) in [7, 11) is 1.51. The SMILES string of the molecule is CCNC1(C(=O)OC)CCCC(N2C(C)CCC2CC)C1. The van der Waals surface area contributed by atoms with Crippen molar-refractivity contribution in [2.24, 2.45) is 0 Å². The highest BCUT2D eigenvalue weighted by Crippen LogP contribution is 2.38. The molecule has 0 bridgehead atoms. The van der Waals surface area contributed by atoms with Gasteiger partial charge >= 0.3 is 5.97 Å². The Bertz CT molecular complexity index is 357. The first-order valence-corrected chi connectivity index (χ1v) is 8.68. The van der Waals surface area contributed by atoms with E-state index in [-0.39, 0.29) is 5.97 Å². The van der Waals surface area contributed by atoms with Crippen LogP contribution < -0.4 is 5.32 Å². The summed E-state index contributed by atoms with van der Waals surface area (Å²) in [4.78, 5) is 15.1. The van der Waals surface area contributed by atoms with Gasteiger partial charge in [0, 0.05) is 18.1 Å². The summed E-state index contributed by atoms with van der Waals surface area (Å²) in [5, 5.41) is 3.45. The predicted octanol–water partition coefficient (Wildman–Crippen LogP) is 2.71. The van der Waals surface area contributed by atoms with Gasteiger partial charge in [-0.25, -0.2) is 0 Å². The van der Waals surface area contributed by atoms with Crippen LogP contribution in [0.5, 0.6) is 0 Å². The first-order valence-electron chi connectivity index (χ1n) is 8.68. The largest absolute Gasteiger partial charge is 0.468 e. The van der Waals surface area contributed by atoms with Gasteiger partial charge in [0.25, 0.3) is 0 Å². The average Bonchev–Trinajstić information content (AvgIpc) is 2.87. The molecule has 0 amide bonds. The van der Waals surface area contributed by atoms with Gasteiger partial charge in [0.05, 0.1) is 7.11 Å². The Labute approximate surface area is 129 Å². The molecule has 2 aliphatic rings. The number of carbonyl (C=O) groups excluding carboxylic acids is 1. The summed E-state index contributed by atoms with van der Waals surface area (Å²) in [5.41, 5.74) is -0.465. The van der Waals surface area contributed by atoms with Crippen molar-refractivity contribution in [1.82, 2.24) is 10.2 Å². The summed E-state index contributed by atoms with van der Waals surface area (Å²) >= 11 is 0. The molecule has 1 saturated carbocycles. The fourth-order valence-electron chi connectivity index (χ4n) is 4.62. The summed E-state index contributed by atoms with van der Waals surface area (Å²) < 4.78 is 5.12. The van der Waals surface area contributed by atoms with Crippen molar-refractivity contribution in [3.05, 3.63) is 0 Å². The molecule has 0 spiro atoms. The molecular weight excluding hydrogens is 264 g/mol. The third kappa shape index (κ3) is 3.26. The van der Waals surface area contributed by atoms with Crippen molar-refractivity contribution >= 4 is 5.97 Å². The van der Waals surface area contributed by atoms with E-state index in [1.165, 1.54) is 32.8 Å². The molecule has 4 unspecified atom stereocenters. The number of likely N-dealkylation sites (N-methyl/N-ethyl adjacent to an activating group) is 1. The Balaban J connectivity index is 2.16. The topological polar surface area (TPSA) is 41.6 Å². The highest BCUT2D eigenvalue weighted by atomic mass is 16.5. The minimum absolute atomic E-state index is 0.0750. The van der Waals surface area contributed by atoms with Gasteiger partial charge in [-0.05, 0) is 58.4 Å². The van der Waals surface area contributed by atoms with Crippen molar-refractivity contribution in [3.63, 3.8) is 0 Å². The lowest BCUT2D eigenvalue weighted by Crippen LogP contribution is -2.59. The molecule has 0 aromatic carbocycles. The van der Waals surface area contributed by atoms with Crippen LogP contribution in [-0.2, 0) is 9.53 Å².